The predicted molar refractivity (Wildman–Crippen MR) is 106 cm³/mol. The van der Waals surface area contributed by atoms with Gasteiger partial charge in [0.25, 0.3) is 5.91 Å². The first-order valence-corrected chi connectivity index (χ1v) is 9.35. The Kier molecular flexibility index (Phi) is 4.12. The maximum absolute atomic E-state index is 13.0. The van der Waals surface area contributed by atoms with E-state index in [0.29, 0.717) is 12.2 Å². The number of hydrogen-bond acceptors (Lipinski definition) is 3. The van der Waals surface area contributed by atoms with Crippen molar-refractivity contribution in [3.05, 3.63) is 70.5 Å². The van der Waals surface area contributed by atoms with Crippen LogP contribution in [0.1, 0.15) is 27.4 Å². The molecule has 0 saturated carbocycles. The maximum atomic E-state index is 13.0. The van der Waals surface area contributed by atoms with Crippen LogP contribution in [0.2, 0.25) is 0 Å². The SMILES string of the molecule is Cc1nn(C)c(C)c1NC(=O)c1cc2sccc2n1Cc1ccccc1. The molecule has 0 aliphatic heterocycles. The Balaban J connectivity index is 1.72. The fraction of sp³-hybridized carbons (Fsp3) is 0.200. The number of hydrogen-bond donors (Lipinski definition) is 1. The quantitative estimate of drug-likeness (QED) is 0.585. The predicted octanol–water partition coefficient (Wildman–Crippen LogP) is 4.35. The second kappa shape index (κ2) is 6.46. The number of fused-ring (bicyclic) bond motifs is 1. The van der Waals surface area contributed by atoms with E-state index in [-0.39, 0.29) is 5.91 Å². The average Bonchev–Trinajstić information content (AvgIpc) is 3.28. The fourth-order valence-electron chi connectivity index (χ4n) is 3.23. The van der Waals surface area contributed by atoms with Gasteiger partial charge in [-0.2, -0.15) is 5.10 Å². The molecule has 0 aliphatic rings. The molecule has 0 aliphatic carbocycles. The summed E-state index contributed by atoms with van der Waals surface area (Å²) in [5.74, 6) is -0.108. The maximum Gasteiger partial charge on any atom is 0.272 e. The van der Waals surface area contributed by atoms with Gasteiger partial charge in [0.05, 0.1) is 27.3 Å². The molecule has 0 atom stereocenters. The largest absolute Gasteiger partial charge is 0.331 e. The first-order valence-electron chi connectivity index (χ1n) is 8.47. The molecule has 0 saturated heterocycles. The molecule has 6 heteroatoms. The molecule has 0 bridgehead atoms. The molecule has 132 valence electrons. The molecule has 26 heavy (non-hydrogen) atoms. The Hall–Kier alpha value is -2.86. The zero-order valence-corrected chi connectivity index (χ0v) is 15.8. The number of thiophene rings is 1. The van der Waals surface area contributed by atoms with E-state index in [2.05, 4.69) is 38.6 Å². The number of aromatic nitrogens is 3. The lowest BCUT2D eigenvalue weighted by Crippen LogP contribution is -2.18. The summed E-state index contributed by atoms with van der Waals surface area (Å²) in [4.78, 5) is 13.0. The summed E-state index contributed by atoms with van der Waals surface area (Å²) < 4.78 is 4.98. The van der Waals surface area contributed by atoms with Crippen LogP contribution in [0, 0.1) is 13.8 Å². The first kappa shape index (κ1) is 16.6. The van der Waals surface area contributed by atoms with Gasteiger partial charge in [-0.25, -0.2) is 0 Å². The normalized spacial score (nSPS) is 11.2. The average molecular weight is 364 g/mol. The number of rotatable bonds is 4. The molecule has 0 spiro atoms. The van der Waals surface area contributed by atoms with E-state index in [9.17, 15) is 4.79 Å². The molecular weight excluding hydrogens is 344 g/mol. The minimum absolute atomic E-state index is 0.108. The van der Waals surface area contributed by atoms with E-state index < -0.39 is 0 Å². The summed E-state index contributed by atoms with van der Waals surface area (Å²) in [5, 5.41) is 9.49. The van der Waals surface area contributed by atoms with Crippen molar-refractivity contribution >= 4 is 33.1 Å². The van der Waals surface area contributed by atoms with Gasteiger partial charge in [0, 0.05) is 13.6 Å². The Bertz CT molecular complexity index is 1090. The van der Waals surface area contributed by atoms with E-state index in [1.807, 2.05) is 45.2 Å². The summed E-state index contributed by atoms with van der Waals surface area (Å²) >= 11 is 1.65. The third-order valence-electron chi connectivity index (χ3n) is 4.69. The summed E-state index contributed by atoms with van der Waals surface area (Å²) in [7, 11) is 1.88. The Morgan fingerprint density at radius 1 is 1.19 bits per heavy atom. The summed E-state index contributed by atoms with van der Waals surface area (Å²) in [6, 6.07) is 14.2. The van der Waals surface area contributed by atoms with Crippen LogP contribution in [-0.2, 0) is 13.6 Å². The van der Waals surface area contributed by atoms with Gasteiger partial charge in [0.2, 0.25) is 0 Å². The van der Waals surface area contributed by atoms with Gasteiger partial charge >= 0.3 is 0 Å². The molecule has 0 fully saturated rings. The van der Waals surface area contributed by atoms with Crippen LogP contribution in [-0.4, -0.2) is 20.3 Å². The minimum Gasteiger partial charge on any atom is -0.331 e. The molecule has 1 amide bonds. The molecule has 4 rings (SSSR count). The number of carbonyl (C=O) groups is 1. The molecule has 1 aromatic carbocycles. The number of carbonyl (C=O) groups excluding carboxylic acids is 1. The van der Waals surface area contributed by atoms with Crippen LogP contribution in [0.5, 0.6) is 0 Å². The molecule has 3 aromatic heterocycles. The highest BCUT2D eigenvalue weighted by Crippen LogP contribution is 2.27. The van der Waals surface area contributed by atoms with E-state index in [4.69, 9.17) is 0 Å². The highest BCUT2D eigenvalue weighted by molar-refractivity contribution is 7.17. The van der Waals surface area contributed by atoms with Gasteiger partial charge in [-0.1, -0.05) is 30.3 Å². The number of nitrogens with zero attached hydrogens (tertiary/aromatic N) is 3. The van der Waals surface area contributed by atoms with Crippen LogP contribution in [0.3, 0.4) is 0 Å². The van der Waals surface area contributed by atoms with E-state index in [1.165, 1.54) is 5.56 Å². The van der Waals surface area contributed by atoms with Gasteiger partial charge in [-0.3, -0.25) is 9.48 Å². The van der Waals surface area contributed by atoms with E-state index >= 15 is 0 Å². The molecule has 4 aromatic rings. The zero-order chi connectivity index (χ0) is 18.3. The van der Waals surface area contributed by atoms with Crippen molar-refractivity contribution < 1.29 is 4.79 Å². The number of anilines is 1. The van der Waals surface area contributed by atoms with Gasteiger partial charge < -0.3 is 9.88 Å². The van der Waals surface area contributed by atoms with Gasteiger partial charge in [-0.15, -0.1) is 11.3 Å². The Morgan fingerprint density at radius 3 is 2.65 bits per heavy atom. The van der Waals surface area contributed by atoms with Crippen molar-refractivity contribution in [1.29, 1.82) is 0 Å². The van der Waals surface area contributed by atoms with E-state index in [0.717, 1.165) is 27.3 Å². The molecule has 0 unspecified atom stereocenters. The number of amides is 1. The van der Waals surface area contributed by atoms with Crippen molar-refractivity contribution in [2.24, 2.45) is 7.05 Å². The van der Waals surface area contributed by atoms with Crippen LogP contribution in [0.4, 0.5) is 5.69 Å². The third-order valence-corrected chi connectivity index (χ3v) is 5.54. The van der Waals surface area contributed by atoms with Crippen LogP contribution in [0.25, 0.3) is 10.2 Å². The second-order valence-electron chi connectivity index (χ2n) is 6.39. The van der Waals surface area contributed by atoms with E-state index in [1.54, 1.807) is 16.0 Å². The number of nitrogens with one attached hydrogen (secondary N) is 1. The lowest BCUT2D eigenvalue weighted by Gasteiger charge is -2.11. The summed E-state index contributed by atoms with van der Waals surface area (Å²) in [5.41, 5.74) is 5.47. The molecule has 5 nitrogen and oxygen atoms in total. The Labute approximate surface area is 155 Å². The highest BCUT2D eigenvalue weighted by Gasteiger charge is 2.19. The molecule has 1 N–H and O–H groups in total. The van der Waals surface area contributed by atoms with Crippen LogP contribution < -0.4 is 5.32 Å². The highest BCUT2D eigenvalue weighted by atomic mass is 32.1. The van der Waals surface area contributed by atoms with Crippen molar-refractivity contribution in [3.8, 4) is 0 Å². The van der Waals surface area contributed by atoms with Gasteiger partial charge in [0.15, 0.2) is 0 Å². The molecular formula is C20H20N4OS. The van der Waals surface area contributed by atoms with Crippen molar-refractivity contribution in [2.75, 3.05) is 5.32 Å². The third kappa shape index (κ3) is 2.82. The standard InChI is InChI=1S/C20H20N4OS/c1-13-19(14(2)23(3)22-13)21-20(25)17-11-18-16(9-10-26-18)24(17)12-15-7-5-4-6-8-15/h4-11H,12H2,1-3H3,(H,21,25). The second-order valence-corrected chi connectivity index (χ2v) is 7.34. The first-order chi connectivity index (χ1) is 12.5. The number of aryl methyl sites for hydroxylation is 2. The topological polar surface area (TPSA) is 51.9 Å². The zero-order valence-electron chi connectivity index (χ0n) is 15.0. The van der Waals surface area contributed by atoms with Crippen molar-refractivity contribution in [3.63, 3.8) is 0 Å². The fourth-order valence-corrected chi connectivity index (χ4v) is 4.06. The Morgan fingerprint density at radius 2 is 1.96 bits per heavy atom. The summed E-state index contributed by atoms with van der Waals surface area (Å²) in [6.45, 7) is 4.52. The number of benzene rings is 1. The minimum atomic E-state index is -0.108. The van der Waals surface area contributed by atoms with Crippen LogP contribution in [0.15, 0.2) is 47.8 Å². The summed E-state index contributed by atoms with van der Waals surface area (Å²) in [6.07, 6.45) is 0. The smallest absolute Gasteiger partial charge is 0.272 e. The lowest BCUT2D eigenvalue weighted by molar-refractivity contribution is 0.101. The van der Waals surface area contributed by atoms with Gasteiger partial charge in [-0.05, 0) is 36.9 Å². The van der Waals surface area contributed by atoms with Crippen LogP contribution >= 0.6 is 11.3 Å². The monoisotopic (exact) mass is 364 g/mol. The van der Waals surface area contributed by atoms with Crippen molar-refractivity contribution in [2.45, 2.75) is 20.4 Å². The lowest BCUT2D eigenvalue weighted by atomic mass is 10.2. The van der Waals surface area contributed by atoms with Crippen molar-refractivity contribution in [1.82, 2.24) is 14.3 Å². The molecule has 0 radical (unpaired) electrons. The van der Waals surface area contributed by atoms with Gasteiger partial charge in [0.1, 0.15) is 5.69 Å². The molecule has 3 heterocycles.